The number of aryl methyl sites for hydroxylation is 1. The molecule has 1 aromatic rings. The third kappa shape index (κ3) is 8.53. The number of rotatable bonds is 15. The van der Waals surface area contributed by atoms with Crippen LogP contribution < -0.4 is 0 Å². The summed E-state index contributed by atoms with van der Waals surface area (Å²) < 4.78 is 2.06. The Balaban J connectivity index is 1.86. The molecule has 1 heterocycles. The highest BCUT2D eigenvalue weighted by Crippen LogP contribution is 2.28. The topological polar surface area (TPSA) is 45.6 Å². The van der Waals surface area contributed by atoms with E-state index in [4.69, 9.17) is 0 Å². The second-order valence-corrected chi connectivity index (χ2v) is 9.40. The van der Waals surface area contributed by atoms with Gasteiger partial charge >= 0.3 is 0 Å². The van der Waals surface area contributed by atoms with Crippen molar-refractivity contribution in [1.29, 1.82) is 0 Å². The first-order valence-electron chi connectivity index (χ1n) is 12.1. The molecule has 5 nitrogen and oxygen atoms in total. The zero-order valence-electron chi connectivity index (χ0n) is 19.7. The minimum Gasteiger partial charge on any atom is -0.353 e. The summed E-state index contributed by atoms with van der Waals surface area (Å²) in [5.74, 6) is 0.638. The lowest BCUT2D eigenvalue weighted by molar-refractivity contribution is -0.141. The number of hydrogen-bond acceptors (Lipinski definition) is 2. The Morgan fingerprint density at radius 1 is 1.07 bits per heavy atom. The molecule has 1 fully saturated rings. The quantitative estimate of drug-likeness (QED) is 0.371. The van der Waals surface area contributed by atoms with Crippen LogP contribution in [0.1, 0.15) is 90.7 Å². The van der Waals surface area contributed by atoms with Crippen LogP contribution in [0, 0.1) is 5.92 Å². The van der Waals surface area contributed by atoms with Gasteiger partial charge in [-0.3, -0.25) is 9.59 Å². The van der Waals surface area contributed by atoms with Gasteiger partial charge in [0.15, 0.2) is 0 Å². The molecule has 1 aliphatic rings. The normalized spacial score (nSPS) is 13.6. The van der Waals surface area contributed by atoms with E-state index in [0.717, 1.165) is 31.4 Å². The Morgan fingerprint density at radius 3 is 2.30 bits per heavy atom. The number of nitrogens with zero attached hydrogens (tertiary/aromatic N) is 3. The molecule has 2 rings (SSSR count). The molecule has 1 aliphatic carbocycles. The molecule has 0 aromatic carbocycles. The van der Waals surface area contributed by atoms with E-state index in [2.05, 4.69) is 31.4 Å². The van der Waals surface area contributed by atoms with Crippen molar-refractivity contribution in [3.63, 3.8) is 0 Å². The van der Waals surface area contributed by atoms with Gasteiger partial charge in [-0.25, -0.2) is 0 Å². The average molecular weight is 418 g/mol. The van der Waals surface area contributed by atoms with Crippen molar-refractivity contribution < 1.29 is 9.59 Å². The Labute approximate surface area is 183 Å². The van der Waals surface area contributed by atoms with Crippen molar-refractivity contribution in [2.45, 2.75) is 97.6 Å². The van der Waals surface area contributed by atoms with Crippen LogP contribution in [0.3, 0.4) is 0 Å². The molecule has 0 saturated heterocycles. The maximum atomic E-state index is 13.2. The minimum absolute atomic E-state index is 0.0738. The van der Waals surface area contributed by atoms with Crippen molar-refractivity contribution in [2.24, 2.45) is 13.0 Å². The second kappa shape index (κ2) is 12.8. The summed E-state index contributed by atoms with van der Waals surface area (Å²) in [5, 5.41) is 0. The van der Waals surface area contributed by atoms with Gasteiger partial charge in [0, 0.05) is 37.9 Å². The van der Waals surface area contributed by atoms with Gasteiger partial charge in [0.05, 0.1) is 6.54 Å². The maximum Gasteiger partial charge on any atom is 0.242 e. The lowest BCUT2D eigenvalue weighted by Crippen LogP contribution is -2.44. The van der Waals surface area contributed by atoms with Crippen LogP contribution in [-0.4, -0.2) is 45.3 Å². The first kappa shape index (κ1) is 24.5. The Bertz CT molecular complexity index is 649. The van der Waals surface area contributed by atoms with Crippen molar-refractivity contribution in [3.05, 3.63) is 24.0 Å². The summed E-state index contributed by atoms with van der Waals surface area (Å²) in [6, 6.07) is 4.35. The molecule has 0 atom stereocenters. The van der Waals surface area contributed by atoms with Crippen molar-refractivity contribution in [3.8, 4) is 0 Å². The van der Waals surface area contributed by atoms with E-state index in [1.807, 2.05) is 29.1 Å². The van der Waals surface area contributed by atoms with Crippen LogP contribution >= 0.6 is 0 Å². The van der Waals surface area contributed by atoms with Crippen molar-refractivity contribution >= 4 is 11.8 Å². The van der Waals surface area contributed by atoms with Gasteiger partial charge in [-0.1, -0.05) is 59.3 Å². The van der Waals surface area contributed by atoms with E-state index < -0.39 is 0 Å². The molecule has 0 N–H and O–H groups in total. The molecular formula is C25H43N3O2. The number of hydrogen-bond donors (Lipinski definition) is 0. The second-order valence-electron chi connectivity index (χ2n) is 9.40. The fourth-order valence-corrected chi connectivity index (χ4v) is 3.98. The van der Waals surface area contributed by atoms with Gasteiger partial charge < -0.3 is 14.4 Å². The molecule has 1 aromatic heterocycles. The molecule has 2 amide bonds. The predicted octanol–water partition coefficient (Wildman–Crippen LogP) is 5.14. The smallest absolute Gasteiger partial charge is 0.242 e. The van der Waals surface area contributed by atoms with Crippen LogP contribution in [0.2, 0.25) is 0 Å². The van der Waals surface area contributed by atoms with Crippen LogP contribution in [0.5, 0.6) is 0 Å². The molecule has 0 aliphatic heterocycles. The fraction of sp³-hybridized carbons (Fsp3) is 0.760. The number of aromatic nitrogens is 1. The first-order valence-corrected chi connectivity index (χ1v) is 12.1. The standard InChI is InChI=1S/C25H43N3O2/c1-5-6-7-8-9-10-11-14-24(29)28(22-15-16-22)20-25(30)27(18-21(2)3)19-23-13-12-17-26(23)4/h12-13,17,21-22H,5-11,14-16,18-20H2,1-4H3. The average Bonchev–Trinajstić information content (AvgIpc) is 3.46. The number of unbranched alkanes of at least 4 members (excludes halogenated alkanes) is 6. The van der Waals surface area contributed by atoms with E-state index in [-0.39, 0.29) is 24.4 Å². The summed E-state index contributed by atoms with van der Waals surface area (Å²) in [6.45, 7) is 8.05. The summed E-state index contributed by atoms with van der Waals surface area (Å²) in [7, 11) is 2.01. The Morgan fingerprint density at radius 2 is 1.73 bits per heavy atom. The SMILES string of the molecule is CCCCCCCCCC(=O)N(CC(=O)N(Cc1cccn1C)CC(C)C)C1CC1. The van der Waals surface area contributed by atoms with Gasteiger partial charge in [-0.2, -0.15) is 0 Å². The van der Waals surface area contributed by atoms with E-state index in [9.17, 15) is 9.59 Å². The molecule has 0 radical (unpaired) electrons. The van der Waals surface area contributed by atoms with Gasteiger partial charge in [0.25, 0.3) is 0 Å². The van der Waals surface area contributed by atoms with Crippen LogP contribution in [-0.2, 0) is 23.2 Å². The molecule has 0 spiro atoms. The largest absolute Gasteiger partial charge is 0.353 e. The van der Waals surface area contributed by atoms with Gasteiger partial charge in [-0.15, -0.1) is 0 Å². The van der Waals surface area contributed by atoms with E-state index >= 15 is 0 Å². The summed E-state index contributed by atoms with van der Waals surface area (Å²) in [5.41, 5.74) is 1.12. The molecule has 0 bridgehead atoms. The zero-order chi connectivity index (χ0) is 21.9. The van der Waals surface area contributed by atoms with E-state index in [1.54, 1.807) is 0 Å². The van der Waals surface area contributed by atoms with Gasteiger partial charge in [-0.05, 0) is 37.3 Å². The lowest BCUT2D eigenvalue weighted by atomic mass is 10.1. The summed E-state index contributed by atoms with van der Waals surface area (Å²) >= 11 is 0. The van der Waals surface area contributed by atoms with Gasteiger partial charge in [0.2, 0.25) is 11.8 Å². The minimum atomic E-state index is 0.0738. The molecule has 5 heteroatoms. The number of carbonyl (C=O) groups is 2. The number of carbonyl (C=O) groups excluding carboxylic acids is 2. The maximum absolute atomic E-state index is 13.2. The van der Waals surface area contributed by atoms with Crippen LogP contribution in [0.25, 0.3) is 0 Å². The van der Waals surface area contributed by atoms with Crippen molar-refractivity contribution in [1.82, 2.24) is 14.4 Å². The fourth-order valence-electron chi connectivity index (χ4n) is 3.98. The highest BCUT2D eigenvalue weighted by Gasteiger charge is 2.34. The van der Waals surface area contributed by atoms with Crippen LogP contribution in [0.15, 0.2) is 18.3 Å². The third-order valence-electron chi connectivity index (χ3n) is 5.95. The highest BCUT2D eigenvalue weighted by molar-refractivity contribution is 5.85. The summed E-state index contributed by atoms with van der Waals surface area (Å²) in [4.78, 5) is 29.8. The van der Waals surface area contributed by atoms with Crippen molar-refractivity contribution in [2.75, 3.05) is 13.1 Å². The summed E-state index contributed by atoms with van der Waals surface area (Å²) in [6.07, 6.45) is 13.1. The monoisotopic (exact) mass is 417 g/mol. The lowest BCUT2D eigenvalue weighted by Gasteiger charge is -2.29. The Kier molecular flexibility index (Phi) is 10.5. The molecule has 30 heavy (non-hydrogen) atoms. The predicted molar refractivity (Wildman–Crippen MR) is 123 cm³/mol. The first-order chi connectivity index (χ1) is 14.4. The highest BCUT2D eigenvalue weighted by atomic mass is 16.2. The van der Waals surface area contributed by atoms with Crippen LogP contribution in [0.4, 0.5) is 0 Å². The van der Waals surface area contributed by atoms with Gasteiger partial charge in [0.1, 0.15) is 6.54 Å². The zero-order valence-corrected chi connectivity index (χ0v) is 19.7. The number of amides is 2. The molecular weight excluding hydrogens is 374 g/mol. The Hall–Kier alpha value is -1.78. The van der Waals surface area contributed by atoms with E-state index in [0.29, 0.717) is 25.4 Å². The molecule has 1 saturated carbocycles. The molecule has 0 unspecified atom stereocenters. The molecule has 170 valence electrons. The van der Waals surface area contributed by atoms with E-state index in [1.165, 1.54) is 32.1 Å². The third-order valence-corrected chi connectivity index (χ3v) is 5.95.